The van der Waals surface area contributed by atoms with E-state index >= 15 is 0 Å². The molecule has 0 aliphatic heterocycles. The molecular weight excluding hydrogens is 324 g/mol. The van der Waals surface area contributed by atoms with Crippen LogP contribution < -0.4 is 5.32 Å². The van der Waals surface area contributed by atoms with Gasteiger partial charge in [-0.1, -0.05) is 24.4 Å². The summed E-state index contributed by atoms with van der Waals surface area (Å²) in [6.45, 7) is 2.40. The number of anilines is 1. The zero-order valence-electron chi connectivity index (χ0n) is 14.4. The Kier molecular flexibility index (Phi) is 5.83. The van der Waals surface area contributed by atoms with Gasteiger partial charge in [-0.25, -0.2) is 0 Å². The van der Waals surface area contributed by atoms with Crippen LogP contribution >= 0.6 is 0 Å². The molecule has 8 nitrogen and oxygen atoms in total. The summed E-state index contributed by atoms with van der Waals surface area (Å²) in [7, 11) is 0. The Hall–Kier alpha value is -2.19. The Morgan fingerprint density at radius 1 is 1.40 bits per heavy atom. The molecule has 25 heavy (non-hydrogen) atoms. The average molecular weight is 348 g/mol. The molecule has 0 radical (unpaired) electrons. The molecule has 2 aromatic heterocycles. The van der Waals surface area contributed by atoms with E-state index in [9.17, 15) is 9.90 Å². The van der Waals surface area contributed by atoms with Crippen molar-refractivity contribution in [3.05, 3.63) is 18.4 Å². The van der Waals surface area contributed by atoms with Gasteiger partial charge < -0.3 is 13.9 Å². The molecule has 136 valence electrons. The molecule has 1 amide bonds. The summed E-state index contributed by atoms with van der Waals surface area (Å²) in [5.41, 5.74) is 0. The van der Waals surface area contributed by atoms with E-state index in [0.717, 1.165) is 12.8 Å². The van der Waals surface area contributed by atoms with Crippen LogP contribution in [0.2, 0.25) is 0 Å². The standard InChI is InChI=1S/C17H24N4O4/c1-12(22)10-21(13-6-3-2-4-7-13)11-15(23)18-17-20-19-16(25-17)14-8-5-9-24-14/h5,8-9,12-13,22H,2-4,6-7,10-11H2,1H3,(H,18,20,23). The lowest BCUT2D eigenvalue weighted by Gasteiger charge is -2.34. The van der Waals surface area contributed by atoms with Crippen molar-refractivity contribution in [1.29, 1.82) is 0 Å². The van der Waals surface area contributed by atoms with Gasteiger partial charge in [0.25, 0.3) is 5.89 Å². The number of amides is 1. The molecule has 0 bridgehead atoms. The van der Waals surface area contributed by atoms with E-state index in [1.807, 2.05) is 4.90 Å². The highest BCUT2D eigenvalue weighted by Gasteiger charge is 2.24. The fourth-order valence-corrected chi connectivity index (χ4v) is 3.25. The van der Waals surface area contributed by atoms with Gasteiger partial charge in [-0.15, -0.1) is 5.10 Å². The van der Waals surface area contributed by atoms with Gasteiger partial charge in [0.2, 0.25) is 5.91 Å². The maximum absolute atomic E-state index is 12.4. The summed E-state index contributed by atoms with van der Waals surface area (Å²) >= 11 is 0. The lowest BCUT2D eigenvalue weighted by molar-refractivity contribution is -0.118. The molecule has 2 aromatic rings. The fraction of sp³-hybridized carbons (Fsp3) is 0.588. The minimum atomic E-state index is -0.483. The molecule has 1 atom stereocenters. The van der Waals surface area contributed by atoms with Gasteiger partial charge in [-0.3, -0.25) is 15.0 Å². The minimum absolute atomic E-state index is 0.0389. The van der Waals surface area contributed by atoms with Crippen molar-refractivity contribution in [1.82, 2.24) is 15.1 Å². The van der Waals surface area contributed by atoms with Crippen molar-refractivity contribution < 1.29 is 18.7 Å². The average Bonchev–Trinajstić information content (AvgIpc) is 3.26. The van der Waals surface area contributed by atoms with Crippen molar-refractivity contribution >= 4 is 11.9 Å². The minimum Gasteiger partial charge on any atom is -0.459 e. The van der Waals surface area contributed by atoms with Crippen molar-refractivity contribution in [3.8, 4) is 11.7 Å². The Morgan fingerprint density at radius 2 is 2.20 bits per heavy atom. The first-order valence-electron chi connectivity index (χ1n) is 8.71. The van der Waals surface area contributed by atoms with Crippen LogP contribution in [-0.2, 0) is 4.79 Å². The second-order valence-corrected chi connectivity index (χ2v) is 6.51. The topological polar surface area (TPSA) is 105 Å². The summed E-state index contributed by atoms with van der Waals surface area (Å²) in [6.07, 6.45) is 6.71. The summed E-state index contributed by atoms with van der Waals surface area (Å²) in [6, 6.07) is 3.79. The predicted molar refractivity (Wildman–Crippen MR) is 90.8 cm³/mol. The molecule has 0 saturated heterocycles. The fourth-order valence-electron chi connectivity index (χ4n) is 3.25. The van der Waals surface area contributed by atoms with Gasteiger partial charge in [0.05, 0.1) is 18.9 Å². The molecule has 0 spiro atoms. The second kappa shape index (κ2) is 8.26. The number of aromatic nitrogens is 2. The highest BCUT2D eigenvalue weighted by Crippen LogP contribution is 2.23. The highest BCUT2D eigenvalue weighted by atomic mass is 16.4. The van der Waals surface area contributed by atoms with Crippen LogP contribution in [-0.4, -0.2) is 51.3 Å². The van der Waals surface area contributed by atoms with Crippen LogP contribution in [0.1, 0.15) is 39.0 Å². The number of nitrogens with one attached hydrogen (secondary N) is 1. The molecule has 3 rings (SSSR count). The van der Waals surface area contributed by atoms with Crippen LogP contribution in [0.15, 0.2) is 27.2 Å². The van der Waals surface area contributed by atoms with E-state index in [0.29, 0.717) is 18.3 Å². The maximum Gasteiger partial charge on any atom is 0.322 e. The number of furan rings is 1. The first kappa shape index (κ1) is 17.6. The van der Waals surface area contributed by atoms with Gasteiger partial charge in [0.15, 0.2) is 5.76 Å². The van der Waals surface area contributed by atoms with Crippen molar-refractivity contribution in [3.63, 3.8) is 0 Å². The zero-order valence-corrected chi connectivity index (χ0v) is 14.4. The molecule has 0 aromatic carbocycles. The van der Waals surface area contributed by atoms with Gasteiger partial charge in [0.1, 0.15) is 0 Å². The molecule has 1 unspecified atom stereocenters. The summed E-state index contributed by atoms with van der Waals surface area (Å²) in [5, 5.41) is 20.0. The predicted octanol–water partition coefficient (Wildman–Crippen LogP) is 2.28. The molecule has 8 heteroatoms. The summed E-state index contributed by atoms with van der Waals surface area (Å²) < 4.78 is 10.6. The number of nitrogens with zero attached hydrogens (tertiary/aromatic N) is 3. The Labute approximate surface area is 146 Å². The van der Waals surface area contributed by atoms with Gasteiger partial charge in [-0.05, 0) is 31.9 Å². The monoisotopic (exact) mass is 348 g/mol. The van der Waals surface area contributed by atoms with E-state index in [4.69, 9.17) is 8.83 Å². The van der Waals surface area contributed by atoms with Crippen molar-refractivity contribution in [2.24, 2.45) is 0 Å². The molecule has 1 fully saturated rings. The lowest BCUT2D eigenvalue weighted by Crippen LogP contribution is -2.45. The Bertz CT molecular complexity index is 662. The van der Waals surface area contributed by atoms with Crippen LogP contribution in [0.4, 0.5) is 6.01 Å². The summed E-state index contributed by atoms with van der Waals surface area (Å²) in [4.78, 5) is 14.4. The normalized spacial score (nSPS) is 16.9. The molecule has 1 aliphatic rings. The summed E-state index contributed by atoms with van der Waals surface area (Å²) in [5.74, 6) is 0.431. The molecule has 2 heterocycles. The van der Waals surface area contributed by atoms with Crippen LogP contribution in [0.3, 0.4) is 0 Å². The number of hydrogen-bond donors (Lipinski definition) is 2. The Morgan fingerprint density at radius 3 is 2.88 bits per heavy atom. The second-order valence-electron chi connectivity index (χ2n) is 6.51. The van der Waals surface area contributed by atoms with Gasteiger partial charge in [0, 0.05) is 12.6 Å². The first-order valence-corrected chi connectivity index (χ1v) is 8.71. The van der Waals surface area contributed by atoms with E-state index in [-0.39, 0.29) is 24.4 Å². The zero-order chi connectivity index (χ0) is 17.6. The quantitative estimate of drug-likeness (QED) is 0.791. The number of aliphatic hydroxyl groups is 1. The number of rotatable bonds is 7. The number of carbonyl (C=O) groups excluding carboxylic acids is 1. The first-order chi connectivity index (χ1) is 12.1. The highest BCUT2D eigenvalue weighted by molar-refractivity contribution is 5.90. The third kappa shape index (κ3) is 4.90. The maximum atomic E-state index is 12.4. The van der Waals surface area contributed by atoms with E-state index in [2.05, 4.69) is 15.5 Å². The Balaban J connectivity index is 1.59. The third-order valence-electron chi connectivity index (χ3n) is 4.34. The molecule has 1 saturated carbocycles. The smallest absolute Gasteiger partial charge is 0.322 e. The number of hydrogen-bond acceptors (Lipinski definition) is 7. The number of aliphatic hydroxyl groups excluding tert-OH is 1. The SMILES string of the molecule is CC(O)CN(CC(=O)Nc1nnc(-c2ccco2)o1)C1CCCCC1. The van der Waals surface area contributed by atoms with Gasteiger partial charge >= 0.3 is 6.01 Å². The van der Waals surface area contributed by atoms with Gasteiger partial charge in [-0.2, -0.15) is 0 Å². The van der Waals surface area contributed by atoms with E-state index < -0.39 is 6.10 Å². The van der Waals surface area contributed by atoms with Crippen LogP contribution in [0.25, 0.3) is 11.7 Å². The largest absolute Gasteiger partial charge is 0.459 e. The molecule has 2 N–H and O–H groups in total. The van der Waals surface area contributed by atoms with Crippen LogP contribution in [0, 0.1) is 0 Å². The van der Waals surface area contributed by atoms with Crippen LogP contribution in [0.5, 0.6) is 0 Å². The van der Waals surface area contributed by atoms with Crippen molar-refractivity contribution in [2.45, 2.75) is 51.2 Å². The van der Waals surface area contributed by atoms with Crippen molar-refractivity contribution in [2.75, 3.05) is 18.4 Å². The molecule has 1 aliphatic carbocycles. The third-order valence-corrected chi connectivity index (χ3v) is 4.34. The molecular formula is C17H24N4O4. The lowest BCUT2D eigenvalue weighted by atomic mass is 9.94. The van der Waals surface area contributed by atoms with E-state index in [1.165, 1.54) is 25.5 Å². The van der Waals surface area contributed by atoms with E-state index in [1.54, 1.807) is 19.1 Å². The number of carbonyl (C=O) groups is 1.